The van der Waals surface area contributed by atoms with Crippen molar-refractivity contribution in [3.8, 4) is 11.5 Å². The Morgan fingerprint density at radius 2 is 1.79 bits per heavy atom. The van der Waals surface area contributed by atoms with Gasteiger partial charge in [-0.25, -0.2) is 4.39 Å². The maximum atomic E-state index is 13.5. The molecule has 0 spiro atoms. The zero-order valence-electron chi connectivity index (χ0n) is 9.18. The van der Waals surface area contributed by atoms with Crippen LogP contribution in [0.1, 0.15) is 0 Å². The highest BCUT2D eigenvalue weighted by atomic mass is 127. The van der Waals surface area contributed by atoms with Crippen molar-refractivity contribution in [1.82, 2.24) is 0 Å². The molecule has 0 atom stereocenters. The smallest absolute Gasteiger partial charge is 0.153 e. The van der Waals surface area contributed by atoms with E-state index in [-0.39, 0.29) is 5.75 Å². The predicted octanol–water partition coefficient (Wildman–Crippen LogP) is 5.87. The van der Waals surface area contributed by atoms with Crippen LogP contribution in [0.15, 0.2) is 28.7 Å². The molecule has 0 bridgehead atoms. The van der Waals surface area contributed by atoms with Crippen LogP contribution in [0.25, 0.3) is 0 Å². The monoisotopic (exact) mass is 475 g/mol. The minimum absolute atomic E-state index is 0.193. The van der Waals surface area contributed by atoms with E-state index in [1.807, 2.05) is 22.6 Å². The van der Waals surface area contributed by atoms with Crippen molar-refractivity contribution in [1.29, 1.82) is 0 Å². The summed E-state index contributed by atoms with van der Waals surface area (Å²) in [7, 11) is 0. The van der Waals surface area contributed by atoms with Crippen molar-refractivity contribution in [2.45, 2.75) is 0 Å². The van der Waals surface area contributed by atoms with Crippen LogP contribution in [0.5, 0.6) is 11.5 Å². The molecule has 0 radical (unpaired) electrons. The topological polar surface area (TPSA) is 35.2 Å². The van der Waals surface area contributed by atoms with Gasteiger partial charge >= 0.3 is 0 Å². The lowest BCUT2D eigenvalue weighted by Gasteiger charge is -2.11. The molecule has 0 amide bonds. The van der Waals surface area contributed by atoms with Gasteiger partial charge in [0.1, 0.15) is 11.6 Å². The minimum Gasteiger partial charge on any atom is -0.453 e. The lowest BCUT2D eigenvalue weighted by atomic mass is 10.3. The molecule has 0 aromatic heterocycles. The molecule has 0 heterocycles. The Bertz CT molecular complexity index is 599. The summed E-state index contributed by atoms with van der Waals surface area (Å²) in [4.78, 5) is 0. The molecular formula is C12H6BrCl2FINO. The SMILES string of the molecule is Nc1cc(I)c(F)cc1Oc1cc(Cl)c(Br)cc1Cl. The molecule has 2 nitrogen and oxygen atoms in total. The van der Waals surface area contributed by atoms with Crippen molar-refractivity contribution < 1.29 is 9.13 Å². The quantitative estimate of drug-likeness (QED) is 0.334. The Morgan fingerprint density at radius 3 is 2.47 bits per heavy atom. The Hall–Kier alpha value is -0.240. The van der Waals surface area contributed by atoms with Gasteiger partial charge in [0.15, 0.2) is 5.75 Å². The average Bonchev–Trinajstić information content (AvgIpc) is 2.32. The first kappa shape index (κ1) is 15.2. The maximum Gasteiger partial charge on any atom is 0.153 e. The highest BCUT2D eigenvalue weighted by Gasteiger charge is 2.12. The number of benzene rings is 2. The third-order valence-electron chi connectivity index (χ3n) is 2.25. The molecular weight excluding hydrogens is 471 g/mol. The molecule has 2 aromatic carbocycles. The van der Waals surface area contributed by atoms with E-state index in [0.29, 0.717) is 29.5 Å². The fourth-order valence-electron chi connectivity index (χ4n) is 1.33. The molecule has 7 heteroatoms. The van der Waals surface area contributed by atoms with Crippen LogP contribution in [0.2, 0.25) is 10.0 Å². The number of rotatable bonds is 2. The Balaban J connectivity index is 2.42. The van der Waals surface area contributed by atoms with Gasteiger partial charge in [-0.1, -0.05) is 23.2 Å². The largest absolute Gasteiger partial charge is 0.453 e. The van der Waals surface area contributed by atoms with Gasteiger partial charge in [-0.15, -0.1) is 0 Å². The van der Waals surface area contributed by atoms with Crippen molar-refractivity contribution in [3.63, 3.8) is 0 Å². The number of hydrogen-bond acceptors (Lipinski definition) is 2. The number of halogens is 5. The molecule has 0 aliphatic carbocycles. The van der Waals surface area contributed by atoms with E-state index in [9.17, 15) is 4.39 Å². The summed E-state index contributed by atoms with van der Waals surface area (Å²) in [6, 6.07) is 5.82. The average molecular weight is 477 g/mol. The fourth-order valence-corrected chi connectivity index (χ4v) is 2.66. The normalized spacial score (nSPS) is 10.6. The molecule has 19 heavy (non-hydrogen) atoms. The highest BCUT2D eigenvalue weighted by molar-refractivity contribution is 14.1. The Labute approximate surface area is 141 Å². The Morgan fingerprint density at radius 1 is 1.11 bits per heavy atom. The Kier molecular flexibility index (Phi) is 4.81. The molecule has 100 valence electrons. The zero-order chi connectivity index (χ0) is 14.2. The molecule has 0 aliphatic rings. The van der Waals surface area contributed by atoms with Crippen molar-refractivity contribution in [3.05, 3.63) is 48.2 Å². The van der Waals surface area contributed by atoms with Gasteiger partial charge in [0.25, 0.3) is 0 Å². The minimum atomic E-state index is -0.413. The number of ether oxygens (including phenoxy) is 1. The molecule has 0 fully saturated rings. The van der Waals surface area contributed by atoms with Gasteiger partial charge < -0.3 is 10.5 Å². The lowest BCUT2D eigenvalue weighted by Crippen LogP contribution is -1.95. The standard InChI is InChI=1S/C12H6BrCl2FINO/c13-5-1-7(15)11(2-6(5)14)19-12-3-8(16)9(17)4-10(12)18/h1-4H,18H2. The maximum absolute atomic E-state index is 13.5. The van der Waals surface area contributed by atoms with E-state index in [2.05, 4.69) is 15.9 Å². The summed E-state index contributed by atoms with van der Waals surface area (Å²) in [5, 5.41) is 0.776. The van der Waals surface area contributed by atoms with E-state index in [0.717, 1.165) is 0 Å². The number of anilines is 1. The molecule has 0 unspecified atom stereocenters. The van der Waals surface area contributed by atoms with E-state index in [4.69, 9.17) is 33.7 Å². The third-order valence-corrected chi connectivity index (χ3v) is 4.57. The molecule has 2 N–H and O–H groups in total. The molecule has 2 rings (SSSR count). The lowest BCUT2D eigenvalue weighted by molar-refractivity contribution is 0.479. The molecule has 0 aliphatic heterocycles. The second kappa shape index (κ2) is 6.03. The molecule has 2 aromatic rings. The number of nitrogen functional groups attached to an aromatic ring is 1. The number of hydrogen-bond donors (Lipinski definition) is 1. The van der Waals surface area contributed by atoms with Crippen LogP contribution in [0, 0.1) is 9.39 Å². The first-order chi connectivity index (χ1) is 8.88. The van der Waals surface area contributed by atoms with E-state index in [1.165, 1.54) is 18.2 Å². The number of nitrogens with two attached hydrogens (primary N) is 1. The van der Waals surface area contributed by atoms with Gasteiger partial charge in [0.05, 0.1) is 19.3 Å². The van der Waals surface area contributed by atoms with Crippen LogP contribution >= 0.6 is 61.7 Å². The highest BCUT2D eigenvalue weighted by Crippen LogP contribution is 2.38. The van der Waals surface area contributed by atoms with Crippen LogP contribution in [-0.4, -0.2) is 0 Å². The van der Waals surface area contributed by atoms with Gasteiger partial charge in [-0.05, 0) is 50.7 Å². The second-order valence-corrected chi connectivity index (χ2v) is 6.43. The van der Waals surface area contributed by atoms with Crippen molar-refractivity contribution in [2.75, 3.05) is 5.73 Å². The predicted molar refractivity (Wildman–Crippen MR) is 87.8 cm³/mol. The van der Waals surface area contributed by atoms with Gasteiger partial charge in [0, 0.05) is 16.6 Å². The van der Waals surface area contributed by atoms with Crippen LogP contribution in [0.4, 0.5) is 10.1 Å². The summed E-state index contributed by atoms with van der Waals surface area (Å²) in [6.07, 6.45) is 0. The van der Waals surface area contributed by atoms with Gasteiger partial charge in [-0.2, -0.15) is 0 Å². The third kappa shape index (κ3) is 3.45. The van der Waals surface area contributed by atoms with E-state index in [1.54, 1.807) is 6.07 Å². The van der Waals surface area contributed by atoms with Gasteiger partial charge in [0.2, 0.25) is 0 Å². The van der Waals surface area contributed by atoms with Crippen LogP contribution in [-0.2, 0) is 0 Å². The zero-order valence-corrected chi connectivity index (χ0v) is 14.4. The van der Waals surface area contributed by atoms with E-state index >= 15 is 0 Å². The molecule has 0 saturated heterocycles. The summed E-state index contributed by atoms with van der Waals surface area (Å²) < 4.78 is 20.1. The first-order valence-electron chi connectivity index (χ1n) is 4.95. The van der Waals surface area contributed by atoms with Crippen LogP contribution < -0.4 is 10.5 Å². The summed E-state index contributed by atoms with van der Waals surface area (Å²) in [5.74, 6) is 0.0875. The van der Waals surface area contributed by atoms with Crippen molar-refractivity contribution >= 4 is 67.4 Å². The molecule has 0 saturated carbocycles. The fraction of sp³-hybridized carbons (Fsp3) is 0. The first-order valence-corrected chi connectivity index (χ1v) is 7.58. The summed E-state index contributed by atoms with van der Waals surface area (Å²) in [5.41, 5.74) is 6.09. The van der Waals surface area contributed by atoms with E-state index < -0.39 is 5.82 Å². The summed E-state index contributed by atoms with van der Waals surface area (Å²) >= 11 is 17.1. The summed E-state index contributed by atoms with van der Waals surface area (Å²) in [6.45, 7) is 0. The van der Waals surface area contributed by atoms with Crippen LogP contribution in [0.3, 0.4) is 0 Å². The second-order valence-electron chi connectivity index (χ2n) is 3.60. The van der Waals surface area contributed by atoms with Gasteiger partial charge in [-0.3, -0.25) is 0 Å². The van der Waals surface area contributed by atoms with Crippen molar-refractivity contribution in [2.24, 2.45) is 0 Å².